The van der Waals surface area contributed by atoms with E-state index in [9.17, 15) is 15.3 Å². The third kappa shape index (κ3) is 2.50. The molecule has 0 spiro atoms. The van der Waals surface area contributed by atoms with E-state index < -0.39 is 30.4 Å². The van der Waals surface area contributed by atoms with Crippen LogP contribution in [0.4, 0.5) is 0 Å². The van der Waals surface area contributed by atoms with E-state index in [1.54, 1.807) is 11.1 Å². The van der Waals surface area contributed by atoms with E-state index in [0.717, 1.165) is 25.7 Å². The summed E-state index contributed by atoms with van der Waals surface area (Å²) >= 11 is 0. The molecule has 0 bridgehead atoms. The summed E-state index contributed by atoms with van der Waals surface area (Å²) in [6.07, 6.45) is 2.49. The van der Waals surface area contributed by atoms with Crippen molar-refractivity contribution in [3.8, 4) is 0 Å². The van der Waals surface area contributed by atoms with Crippen LogP contribution in [0.5, 0.6) is 0 Å². The van der Waals surface area contributed by atoms with Gasteiger partial charge in [-0.3, -0.25) is 0 Å². The first-order valence-electron chi connectivity index (χ1n) is 12.4. The van der Waals surface area contributed by atoms with E-state index in [2.05, 4.69) is 27.7 Å². The van der Waals surface area contributed by atoms with Gasteiger partial charge in [0.05, 0.1) is 12.7 Å². The van der Waals surface area contributed by atoms with Gasteiger partial charge >= 0.3 is 0 Å². The summed E-state index contributed by atoms with van der Waals surface area (Å²) in [7, 11) is 0. The Morgan fingerprint density at radius 3 is 2.52 bits per heavy atom. The first-order chi connectivity index (χ1) is 14.6. The number of rotatable bonds is 1. The molecular formula is C25H38O6. The van der Waals surface area contributed by atoms with Gasteiger partial charge in [0, 0.05) is 17.3 Å². The molecule has 0 aromatic carbocycles. The molecule has 0 aromatic rings. The summed E-state index contributed by atoms with van der Waals surface area (Å²) in [4.78, 5) is 0. The molecular weight excluding hydrogens is 396 g/mol. The molecule has 174 valence electrons. The van der Waals surface area contributed by atoms with Crippen LogP contribution in [0.25, 0.3) is 0 Å². The van der Waals surface area contributed by atoms with Gasteiger partial charge in [0.2, 0.25) is 0 Å². The van der Waals surface area contributed by atoms with Crippen LogP contribution in [0.15, 0.2) is 11.1 Å². The topological polar surface area (TPSA) is 88.4 Å². The van der Waals surface area contributed by atoms with Crippen molar-refractivity contribution in [2.24, 2.45) is 34.5 Å². The molecule has 6 aliphatic rings. The predicted octanol–water partition coefficient (Wildman–Crippen LogP) is 2.75. The third-order valence-electron chi connectivity index (χ3n) is 10.3. The van der Waals surface area contributed by atoms with Gasteiger partial charge < -0.3 is 29.5 Å². The van der Waals surface area contributed by atoms with Crippen molar-refractivity contribution in [2.45, 2.75) is 103 Å². The molecule has 0 aromatic heterocycles. The van der Waals surface area contributed by atoms with E-state index in [1.165, 1.54) is 12.8 Å². The van der Waals surface area contributed by atoms with Gasteiger partial charge in [-0.05, 0) is 55.8 Å². The van der Waals surface area contributed by atoms with E-state index >= 15 is 0 Å². The minimum atomic E-state index is -1.42. The summed E-state index contributed by atoms with van der Waals surface area (Å²) in [6.45, 7) is 9.48. The van der Waals surface area contributed by atoms with Crippen molar-refractivity contribution in [2.75, 3.05) is 6.61 Å². The number of aliphatic hydroxyl groups is 3. The van der Waals surface area contributed by atoms with Crippen molar-refractivity contribution < 1.29 is 29.5 Å². The standard InChI is InChI=1S/C25H38O6/c1-12(2)13-7-8-23(3)9-10-24(4)15(17(13)23)6-5-14-18-20(24)31-22-25(18,28)19(30-21(14)27)16(26)11-29-22/h12,14-16,18-22,26-28H,5-11H2,1-4H3. The second-order valence-electron chi connectivity index (χ2n) is 12.1. The lowest BCUT2D eigenvalue weighted by Crippen LogP contribution is -2.70. The monoisotopic (exact) mass is 434 g/mol. The summed E-state index contributed by atoms with van der Waals surface area (Å²) in [5, 5.41) is 33.5. The molecule has 3 heterocycles. The van der Waals surface area contributed by atoms with Crippen LogP contribution in [-0.2, 0) is 14.2 Å². The Kier molecular flexibility index (Phi) is 4.45. The lowest BCUT2D eigenvalue weighted by molar-refractivity contribution is -0.354. The average Bonchev–Trinajstić information content (AvgIpc) is 3.18. The molecule has 6 rings (SSSR count). The summed E-state index contributed by atoms with van der Waals surface area (Å²) in [5.41, 5.74) is 1.97. The van der Waals surface area contributed by atoms with E-state index in [1.807, 2.05) is 0 Å². The molecule has 11 atom stereocenters. The predicted molar refractivity (Wildman–Crippen MR) is 113 cm³/mol. The fraction of sp³-hybridized carbons (Fsp3) is 0.920. The zero-order valence-electron chi connectivity index (χ0n) is 19.2. The van der Waals surface area contributed by atoms with Gasteiger partial charge in [-0.15, -0.1) is 0 Å². The lowest BCUT2D eigenvalue weighted by Gasteiger charge is -2.54. The van der Waals surface area contributed by atoms with Crippen molar-refractivity contribution in [3.05, 3.63) is 11.1 Å². The normalized spacial score (nSPS) is 58.1. The summed E-state index contributed by atoms with van der Waals surface area (Å²) < 4.78 is 18.3. The largest absolute Gasteiger partial charge is 0.388 e. The molecule has 3 aliphatic carbocycles. The number of hydrogen-bond donors (Lipinski definition) is 3. The summed E-state index contributed by atoms with van der Waals surface area (Å²) in [5.74, 6) is 0.396. The minimum absolute atomic E-state index is 0.0509. The van der Waals surface area contributed by atoms with Gasteiger partial charge in [-0.1, -0.05) is 38.8 Å². The van der Waals surface area contributed by atoms with Crippen LogP contribution in [0.3, 0.4) is 0 Å². The van der Waals surface area contributed by atoms with Crippen LogP contribution < -0.4 is 0 Å². The second kappa shape index (κ2) is 6.55. The number of ether oxygens (including phenoxy) is 3. The molecule has 3 N–H and O–H groups in total. The van der Waals surface area contributed by atoms with Crippen LogP contribution in [0.1, 0.15) is 66.2 Å². The Hall–Kier alpha value is -0.500. The van der Waals surface area contributed by atoms with Crippen LogP contribution in [-0.4, -0.2) is 58.4 Å². The van der Waals surface area contributed by atoms with Gasteiger partial charge in [-0.25, -0.2) is 0 Å². The zero-order chi connectivity index (χ0) is 21.9. The maximum Gasteiger partial charge on any atom is 0.189 e. The Morgan fingerprint density at radius 2 is 1.77 bits per heavy atom. The van der Waals surface area contributed by atoms with Gasteiger partial charge in [0.15, 0.2) is 12.6 Å². The molecule has 3 aliphatic heterocycles. The zero-order valence-corrected chi connectivity index (χ0v) is 19.2. The SMILES string of the molecule is CC(C)C1=C2C3CCC4C(O)OC5C(O)COC6OC(C4C65O)C3(C)CCC2(C)CC1. The van der Waals surface area contributed by atoms with E-state index in [-0.39, 0.29) is 35.4 Å². The van der Waals surface area contributed by atoms with Crippen molar-refractivity contribution in [1.82, 2.24) is 0 Å². The highest BCUT2D eigenvalue weighted by Crippen LogP contribution is 2.68. The highest BCUT2D eigenvalue weighted by atomic mass is 16.7. The van der Waals surface area contributed by atoms with Crippen molar-refractivity contribution >= 4 is 0 Å². The Bertz CT molecular complexity index is 810. The highest BCUT2D eigenvalue weighted by Gasteiger charge is 2.74. The van der Waals surface area contributed by atoms with Gasteiger partial charge in [0.1, 0.15) is 17.8 Å². The third-order valence-corrected chi connectivity index (χ3v) is 10.3. The first-order valence-corrected chi connectivity index (χ1v) is 12.4. The molecule has 6 nitrogen and oxygen atoms in total. The molecule has 3 saturated heterocycles. The van der Waals surface area contributed by atoms with Gasteiger partial charge in [0.25, 0.3) is 0 Å². The number of allylic oxidation sites excluding steroid dienone is 2. The Balaban J connectivity index is 1.49. The van der Waals surface area contributed by atoms with E-state index in [4.69, 9.17) is 14.2 Å². The average molecular weight is 435 g/mol. The minimum Gasteiger partial charge on any atom is -0.388 e. The fourth-order valence-electron chi connectivity index (χ4n) is 8.68. The Labute approximate surface area is 184 Å². The molecule has 0 amide bonds. The number of hydrogen-bond acceptors (Lipinski definition) is 6. The van der Waals surface area contributed by atoms with E-state index in [0.29, 0.717) is 11.8 Å². The van der Waals surface area contributed by atoms with Crippen LogP contribution in [0, 0.1) is 34.5 Å². The Morgan fingerprint density at radius 1 is 1.00 bits per heavy atom. The number of fused-ring (bicyclic) bond motifs is 4. The molecule has 6 heteroatoms. The molecule has 5 fully saturated rings. The quantitative estimate of drug-likeness (QED) is 0.550. The van der Waals surface area contributed by atoms with Crippen molar-refractivity contribution in [1.29, 1.82) is 0 Å². The molecule has 2 saturated carbocycles. The van der Waals surface area contributed by atoms with Crippen molar-refractivity contribution in [3.63, 3.8) is 0 Å². The molecule has 31 heavy (non-hydrogen) atoms. The highest BCUT2D eigenvalue weighted by molar-refractivity contribution is 5.36. The molecule has 11 unspecified atom stereocenters. The van der Waals surface area contributed by atoms with Crippen LogP contribution in [0.2, 0.25) is 0 Å². The first kappa shape index (κ1) is 21.1. The van der Waals surface area contributed by atoms with Crippen LogP contribution >= 0.6 is 0 Å². The number of aliphatic hydroxyl groups excluding tert-OH is 2. The summed E-state index contributed by atoms with van der Waals surface area (Å²) in [6, 6.07) is 0. The van der Waals surface area contributed by atoms with Gasteiger partial charge in [-0.2, -0.15) is 0 Å². The fourth-order valence-corrected chi connectivity index (χ4v) is 8.68. The lowest BCUT2D eigenvalue weighted by atomic mass is 9.53. The maximum absolute atomic E-state index is 11.9. The second-order valence-corrected chi connectivity index (χ2v) is 12.1. The maximum atomic E-state index is 11.9. The smallest absolute Gasteiger partial charge is 0.189 e. The molecule has 0 radical (unpaired) electrons.